The molecule has 0 spiro atoms. The van der Waals surface area contributed by atoms with Gasteiger partial charge in [-0.2, -0.15) is 5.26 Å². The van der Waals surface area contributed by atoms with Crippen LogP contribution in [0, 0.1) is 17.2 Å². The molecule has 1 aromatic heterocycles. The minimum atomic E-state index is 0.196. The van der Waals surface area contributed by atoms with E-state index in [1.165, 1.54) is 12.4 Å². The molecule has 0 bridgehead atoms. The highest BCUT2D eigenvalue weighted by molar-refractivity contribution is 5.32. The third kappa shape index (κ3) is 3.92. The molecule has 0 saturated heterocycles. The Hall–Kier alpha value is -1.67. The van der Waals surface area contributed by atoms with Crippen LogP contribution in [0.5, 0.6) is 0 Å². The molecule has 0 aromatic carbocycles. The monoisotopic (exact) mass is 206 g/mol. The molecule has 0 fully saturated rings. The molecule has 2 N–H and O–H groups in total. The first kappa shape index (κ1) is 11.4. The van der Waals surface area contributed by atoms with E-state index in [9.17, 15) is 0 Å². The molecular formula is C10H14N4O. The van der Waals surface area contributed by atoms with E-state index in [4.69, 9.17) is 10.4 Å². The molecule has 5 heteroatoms. The first-order valence-corrected chi connectivity index (χ1v) is 4.83. The molecule has 1 aromatic rings. The molecule has 0 amide bonds. The second-order valence-corrected chi connectivity index (χ2v) is 3.40. The van der Waals surface area contributed by atoms with Crippen LogP contribution < -0.4 is 5.32 Å². The van der Waals surface area contributed by atoms with Gasteiger partial charge in [0.1, 0.15) is 11.9 Å². The highest BCUT2D eigenvalue weighted by atomic mass is 16.3. The van der Waals surface area contributed by atoms with Crippen molar-refractivity contribution in [2.75, 3.05) is 18.5 Å². The summed E-state index contributed by atoms with van der Waals surface area (Å²) in [6.07, 6.45) is 3.72. The molecule has 1 atom stereocenters. The van der Waals surface area contributed by atoms with E-state index in [-0.39, 0.29) is 6.61 Å². The number of aromatic nitrogens is 2. The molecule has 0 saturated carbocycles. The third-order valence-corrected chi connectivity index (χ3v) is 2.02. The number of hydrogen-bond donors (Lipinski definition) is 2. The van der Waals surface area contributed by atoms with Gasteiger partial charge in [-0.05, 0) is 12.3 Å². The average Bonchev–Trinajstić information content (AvgIpc) is 2.27. The largest absolute Gasteiger partial charge is 0.396 e. The van der Waals surface area contributed by atoms with Gasteiger partial charge in [-0.25, -0.2) is 9.97 Å². The van der Waals surface area contributed by atoms with Crippen molar-refractivity contribution in [1.82, 2.24) is 9.97 Å². The summed E-state index contributed by atoms with van der Waals surface area (Å²) in [5.41, 5.74) is 0.309. The summed E-state index contributed by atoms with van der Waals surface area (Å²) in [6.45, 7) is 2.98. The third-order valence-electron chi connectivity index (χ3n) is 2.02. The number of anilines is 1. The van der Waals surface area contributed by atoms with Gasteiger partial charge in [0.25, 0.3) is 0 Å². The van der Waals surface area contributed by atoms with Gasteiger partial charge in [0.05, 0.1) is 12.4 Å². The maximum absolute atomic E-state index is 8.71. The Morgan fingerprint density at radius 2 is 2.33 bits per heavy atom. The summed E-state index contributed by atoms with van der Waals surface area (Å²) < 4.78 is 0. The SMILES string of the molecule is CC(CCO)CNc1cnc(C#N)cn1. The minimum absolute atomic E-state index is 0.196. The van der Waals surface area contributed by atoms with Crippen LogP contribution in [0.1, 0.15) is 19.0 Å². The molecule has 0 aliphatic heterocycles. The quantitative estimate of drug-likeness (QED) is 0.744. The van der Waals surface area contributed by atoms with E-state index in [0.717, 1.165) is 13.0 Å². The van der Waals surface area contributed by atoms with E-state index in [0.29, 0.717) is 17.4 Å². The van der Waals surface area contributed by atoms with E-state index >= 15 is 0 Å². The predicted molar refractivity (Wildman–Crippen MR) is 56.1 cm³/mol. The number of nitriles is 1. The number of aliphatic hydroxyl groups is 1. The maximum atomic E-state index is 8.71. The number of nitrogens with one attached hydrogen (secondary N) is 1. The van der Waals surface area contributed by atoms with Gasteiger partial charge in [0.2, 0.25) is 0 Å². The van der Waals surface area contributed by atoms with E-state index in [1.54, 1.807) is 0 Å². The minimum Gasteiger partial charge on any atom is -0.396 e. The smallest absolute Gasteiger partial charge is 0.158 e. The van der Waals surface area contributed by atoms with Crippen LogP contribution >= 0.6 is 0 Å². The lowest BCUT2D eigenvalue weighted by molar-refractivity contribution is 0.266. The van der Waals surface area contributed by atoms with Crippen molar-refractivity contribution in [3.05, 3.63) is 18.1 Å². The Balaban J connectivity index is 2.41. The predicted octanol–water partition coefficient (Wildman–Crippen LogP) is 0.779. The Kier molecular flexibility index (Phi) is 4.51. The standard InChI is InChI=1S/C10H14N4O/c1-8(2-3-15)5-13-10-7-12-9(4-11)6-14-10/h6-8,15H,2-3,5H2,1H3,(H,13,14). The summed E-state index contributed by atoms with van der Waals surface area (Å²) in [4.78, 5) is 7.91. The van der Waals surface area contributed by atoms with Crippen molar-refractivity contribution in [2.24, 2.45) is 5.92 Å². The van der Waals surface area contributed by atoms with Crippen molar-refractivity contribution < 1.29 is 5.11 Å². The first-order chi connectivity index (χ1) is 7.26. The van der Waals surface area contributed by atoms with Gasteiger partial charge in [-0.15, -0.1) is 0 Å². The van der Waals surface area contributed by atoms with Crippen LogP contribution in [0.2, 0.25) is 0 Å². The fourth-order valence-electron chi connectivity index (χ4n) is 1.08. The van der Waals surface area contributed by atoms with Crippen LogP contribution in [-0.2, 0) is 0 Å². The van der Waals surface area contributed by atoms with Gasteiger partial charge in [-0.3, -0.25) is 0 Å². The molecule has 1 rings (SSSR count). The molecular weight excluding hydrogens is 192 g/mol. The molecule has 1 unspecified atom stereocenters. The Labute approximate surface area is 88.8 Å². The highest BCUT2D eigenvalue weighted by Crippen LogP contribution is 2.04. The zero-order valence-electron chi connectivity index (χ0n) is 8.64. The topological polar surface area (TPSA) is 81.8 Å². The van der Waals surface area contributed by atoms with Gasteiger partial charge in [-0.1, -0.05) is 6.92 Å². The molecule has 15 heavy (non-hydrogen) atoms. The highest BCUT2D eigenvalue weighted by Gasteiger charge is 2.01. The fourth-order valence-corrected chi connectivity index (χ4v) is 1.08. The second-order valence-electron chi connectivity index (χ2n) is 3.40. The van der Waals surface area contributed by atoms with Crippen LogP contribution in [0.25, 0.3) is 0 Å². The van der Waals surface area contributed by atoms with Gasteiger partial charge in [0, 0.05) is 13.2 Å². The Morgan fingerprint density at radius 3 is 2.87 bits per heavy atom. The summed E-state index contributed by atoms with van der Waals surface area (Å²) in [5.74, 6) is 1.03. The molecule has 1 heterocycles. The molecule has 0 radical (unpaired) electrons. The van der Waals surface area contributed by atoms with E-state index in [1.807, 2.05) is 13.0 Å². The Bertz CT molecular complexity index is 330. The fraction of sp³-hybridized carbons (Fsp3) is 0.500. The van der Waals surface area contributed by atoms with Gasteiger partial charge < -0.3 is 10.4 Å². The van der Waals surface area contributed by atoms with Crippen molar-refractivity contribution in [2.45, 2.75) is 13.3 Å². The molecule has 5 nitrogen and oxygen atoms in total. The van der Waals surface area contributed by atoms with Crippen LogP contribution in [0.4, 0.5) is 5.82 Å². The lowest BCUT2D eigenvalue weighted by atomic mass is 10.1. The van der Waals surface area contributed by atoms with E-state index < -0.39 is 0 Å². The molecule has 80 valence electrons. The van der Waals surface area contributed by atoms with Crippen molar-refractivity contribution in [3.63, 3.8) is 0 Å². The number of aliphatic hydroxyl groups excluding tert-OH is 1. The number of nitrogens with zero attached hydrogens (tertiary/aromatic N) is 3. The van der Waals surface area contributed by atoms with Gasteiger partial charge in [0.15, 0.2) is 5.69 Å². The van der Waals surface area contributed by atoms with E-state index in [2.05, 4.69) is 15.3 Å². The normalized spacial score (nSPS) is 11.8. The summed E-state index contributed by atoms with van der Waals surface area (Å²) in [7, 11) is 0. The molecule has 0 aliphatic rings. The Morgan fingerprint density at radius 1 is 1.53 bits per heavy atom. The average molecular weight is 206 g/mol. The lowest BCUT2D eigenvalue weighted by Gasteiger charge is -2.10. The zero-order chi connectivity index (χ0) is 11.1. The van der Waals surface area contributed by atoms with Crippen molar-refractivity contribution >= 4 is 5.82 Å². The summed E-state index contributed by atoms with van der Waals surface area (Å²) in [6, 6.07) is 1.90. The number of rotatable bonds is 5. The number of hydrogen-bond acceptors (Lipinski definition) is 5. The summed E-state index contributed by atoms with van der Waals surface area (Å²) >= 11 is 0. The second kappa shape index (κ2) is 5.94. The van der Waals surface area contributed by atoms with Crippen molar-refractivity contribution in [1.29, 1.82) is 5.26 Å². The van der Waals surface area contributed by atoms with Crippen molar-refractivity contribution in [3.8, 4) is 6.07 Å². The zero-order valence-corrected chi connectivity index (χ0v) is 8.64. The van der Waals surface area contributed by atoms with Crippen LogP contribution in [0.3, 0.4) is 0 Å². The molecule has 0 aliphatic carbocycles. The first-order valence-electron chi connectivity index (χ1n) is 4.83. The van der Waals surface area contributed by atoms with Crippen LogP contribution in [0.15, 0.2) is 12.4 Å². The summed E-state index contributed by atoms with van der Waals surface area (Å²) in [5, 5.41) is 20.3. The lowest BCUT2D eigenvalue weighted by Crippen LogP contribution is -2.13. The maximum Gasteiger partial charge on any atom is 0.158 e. The van der Waals surface area contributed by atoms with Gasteiger partial charge >= 0.3 is 0 Å². The van der Waals surface area contributed by atoms with Crippen LogP contribution in [-0.4, -0.2) is 28.2 Å².